The molecule has 1 aliphatic heterocycles. The summed E-state index contributed by atoms with van der Waals surface area (Å²) in [6, 6.07) is 13.5. The van der Waals surface area contributed by atoms with Crippen LogP contribution in [0.25, 0.3) is 17.0 Å². The van der Waals surface area contributed by atoms with Crippen molar-refractivity contribution in [1.82, 2.24) is 20.4 Å². The zero-order chi connectivity index (χ0) is 24.1. The van der Waals surface area contributed by atoms with Crippen molar-refractivity contribution in [2.75, 3.05) is 26.9 Å². The molecule has 1 aromatic heterocycles. The number of aromatic nitrogens is 2. The summed E-state index contributed by atoms with van der Waals surface area (Å²) in [4.78, 5) is 6.70. The van der Waals surface area contributed by atoms with Crippen molar-refractivity contribution in [3.05, 3.63) is 71.5 Å². The molecule has 0 saturated heterocycles. The molecule has 1 N–H and O–H groups in total. The second-order valence-corrected chi connectivity index (χ2v) is 8.20. The third-order valence-corrected chi connectivity index (χ3v) is 5.95. The minimum Gasteiger partial charge on any atom is -0.494 e. The average molecular weight is 483 g/mol. The predicted octanol–water partition coefficient (Wildman–Crippen LogP) is 4.97. The summed E-state index contributed by atoms with van der Waals surface area (Å²) in [5, 5.41) is 8.17. The van der Waals surface area contributed by atoms with E-state index in [4.69, 9.17) is 31.2 Å². The molecule has 4 rings (SSSR count). The maximum atomic E-state index is 13.6. The molecule has 0 bridgehead atoms. The van der Waals surface area contributed by atoms with Crippen LogP contribution in [-0.2, 0) is 4.74 Å². The van der Waals surface area contributed by atoms with Gasteiger partial charge < -0.3 is 24.2 Å². The summed E-state index contributed by atoms with van der Waals surface area (Å²) in [5.41, 5.74) is 3.35. The standard InChI is InChI=1S/C25H27FN4O3S/c1-4-32-20-12-8-18(9-13-20)23-28-24(33-29-23)21-16(2)30(14-5-15-31-3)25(34)27-22(21)17-6-10-19(26)11-7-17/h6-13,22H,4-5,14-15H2,1-3H3,(H,27,34). The Morgan fingerprint density at radius 1 is 1.15 bits per heavy atom. The summed E-state index contributed by atoms with van der Waals surface area (Å²) in [7, 11) is 1.67. The molecule has 0 saturated carbocycles. The third kappa shape index (κ3) is 5.10. The van der Waals surface area contributed by atoms with Gasteiger partial charge in [-0.05, 0) is 74.4 Å². The first-order chi connectivity index (χ1) is 16.5. The highest BCUT2D eigenvalue weighted by Gasteiger charge is 2.34. The summed E-state index contributed by atoms with van der Waals surface area (Å²) >= 11 is 5.66. The molecule has 0 aliphatic carbocycles. The van der Waals surface area contributed by atoms with E-state index < -0.39 is 0 Å². The quantitative estimate of drug-likeness (QED) is 0.338. The monoisotopic (exact) mass is 482 g/mol. The van der Waals surface area contributed by atoms with Crippen LogP contribution in [0.1, 0.15) is 37.8 Å². The molecular weight excluding hydrogens is 455 g/mol. The van der Waals surface area contributed by atoms with E-state index in [9.17, 15) is 4.39 Å². The van der Waals surface area contributed by atoms with Crippen LogP contribution >= 0.6 is 12.2 Å². The lowest BCUT2D eigenvalue weighted by molar-refractivity contribution is 0.188. The van der Waals surface area contributed by atoms with E-state index in [-0.39, 0.29) is 11.9 Å². The summed E-state index contributed by atoms with van der Waals surface area (Å²) in [5.74, 6) is 1.32. The molecule has 0 radical (unpaired) electrons. The Morgan fingerprint density at radius 2 is 1.88 bits per heavy atom. The predicted molar refractivity (Wildman–Crippen MR) is 132 cm³/mol. The van der Waals surface area contributed by atoms with Crippen molar-refractivity contribution in [2.45, 2.75) is 26.3 Å². The number of rotatable bonds is 9. The molecule has 1 atom stereocenters. The van der Waals surface area contributed by atoms with E-state index in [1.54, 1.807) is 19.2 Å². The molecule has 9 heteroatoms. The number of methoxy groups -OCH3 is 1. The molecule has 2 heterocycles. The van der Waals surface area contributed by atoms with Gasteiger partial charge in [-0.15, -0.1) is 0 Å². The van der Waals surface area contributed by atoms with Crippen molar-refractivity contribution < 1.29 is 18.4 Å². The number of thiocarbonyl (C=S) groups is 1. The van der Waals surface area contributed by atoms with Gasteiger partial charge in [0.05, 0.1) is 18.2 Å². The molecule has 1 aliphatic rings. The SMILES string of the molecule is CCOc1ccc(-c2noc(C3=C(C)N(CCCOC)C(=S)NC3c3ccc(F)cc3)n2)cc1. The van der Waals surface area contributed by atoms with Gasteiger partial charge in [-0.2, -0.15) is 4.98 Å². The normalized spacial score (nSPS) is 16.1. The van der Waals surface area contributed by atoms with Gasteiger partial charge in [0.15, 0.2) is 5.11 Å². The number of nitrogens with one attached hydrogen (secondary N) is 1. The highest BCUT2D eigenvalue weighted by molar-refractivity contribution is 7.80. The van der Waals surface area contributed by atoms with Crippen LogP contribution in [-0.4, -0.2) is 47.0 Å². The number of nitrogens with zero attached hydrogens (tertiary/aromatic N) is 3. The zero-order valence-corrected chi connectivity index (χ0v) is 20.2. The van der Waals surface area contributed by atoms with Gasteiger partial charge in [-0.25, -0.2) is 4.39 Å². The Balaban J connectivity index is 1.72. The lowest BCUT2D eigenvalue weighted by atomic mass is 9.94. The fourth-order valence-electron chi connectivity index (χ4n) is 3.92. The molecule has 34 heavy (non-hydrogen) atoms. The lowest BCUT2D eigenvalue weighted by Gasteiger charge is -2.37. The summed E-state index contributed by atoms with van der Waals surface area (Å²) in [6.07, 6.45) is 0.797. The van der Waals surface area contributed by atoms with Gasteiger partial charge in [0, 0.05) is 31.5 Å². The maximum Gasteiger partial charge on any atom is 0.258 e. The molecular formula is C25H27FN4O3S. The van der Waals surface area contributed by atoms with Crippen LogP contribution in [0.5, 0.6) is 5.75 Å². The fraction of sp³-hybridized carbons (Fsp3) is 0.320. The van der Waals surface area contributed by atoms with Crippen molar-refractivity contribution in [3.8, 4) is 17.1 Å². The molecule has 2 aromatic carbocycles. The third-order valence-electron chi connectivity index (χ3n) is 5.61. The van der Waals surface area contributed by atoms with Gasteiger partial charge in [0.1, 0.15) is 11.6 Å². The Kier molecular flexibility index (Phi) is 7.54. The Hall–Kier alpha value is -3.30. The molecule has 0 spiro atoms. The zero-order valence-electron chi connectivity index (χ0n) is 19.4. The molecule has 7 nitrogen and oxygen atoms in total. The number of ether oxygens (including phenoxy) is 2. The van der Waals surface area contributed by atoms with E-state index in [1.165, 1.54) is 12.1 Å². The smallest absolute Gasteiger partial charge is 0.258 e. The number of halogens is 1. The Labute approximate surface area is 203 Å². The highest BCUT2D eigenvalue weighted by Crippen LogP contribution is 2.37. The van der Waals surface area contributed by atoms with E-state index >= 15 is 0 Å². The Morgan fingerprint density at radius 3 is 2.56 bits per heavy atom. The van der Waals surface area contributed by atoms with Crippen molar-refractivity contribution >= 4 is 22.9 Å². The molecule has 0 amide bonds. The van der Waals surface area contributed by atoms with Crippen molar-refractivity contribution in [1.29, 1.82) is 0 Å². The van der Waals surface area contributed by atoms with E-state index in [2.05, 4.69) is 10.5 Å². The highest BCUT2D eigenvalue weighted by atomic mass is 32.1. The van der Waals surface area contributed by atoms with E-state index in [1.807, 2.05) is 43.0 Å². The topological polar surface area (TPSA) is 72.7 Å². The second-order valence-electron chi connectivity index (χ2n) is 7.81. The Bertz CT molecular complexity index is 1160. The first-order valence-corrected chi connectivity index (χ1v) is 11.5. The van der Waals surface area contributed by atoms with Gasteiger partial charge >= 0.3 is 0 Å². The van der Waals surface area contributed by atoms with Gasteiger partial charge in [-0.3, -0.25) is 0 Å². The number of benzene rings is 2. The maximum absolute atomic E-state index is 13.6. The van der Waals surface area contributed by atoms with Crippen LogP contribution in [0.3, 0.4) is 0 Å². The van der Waals surface area contributed by atoms with Crippen LogP contribution in [0, 0.1) is 5.82 Å². The number of hydrogen-bond acceptors (Lipinski definition) is 6. The average Bonchev–Trinajstić information content (AvgIpc) is 3.32. The largest absolute Gasteiger partial charge is 0.494 e. The molecule has 3 aromatic rings. The second kappa shape index (κ2) is 10.8. The van der Waals surface area contributed by atoms with Crippen LogP contribution in [0.2, 0.25) is 0 Å². The summed E-state index contributed by atoms with van der Waals surface area (Å²) in [6.45, 7) is 5.80. The van der Waals surface area contributed by atoms with E-state index in [0.29, 0.717) is 36.6 Å². The summed E-state index contributed by atoms with van der Waals surface area (Å²) < 4.78 is 30.0. The van der Waals surface area contributed by atoms with Gasteiger partial charge in [0.25, 0.3) is 5.89 Å². The lowest BCUT2D eigenvalue weighted by Crippen LogP contribution is -2.46. The minimum atomic E-state index is -0.361. The first-order valence-electron chi connectivity index (χ1n) is 11.1. The molecule has 178 valence electrons. The van der Waals surface area contributed by atoms with Crippen molar-refractivity contribution in [3.63, 3.8) is 0 Å². The van der Waals surface area contributed by atoms with Crippen LogP contribution in [0.4, 0.5) is 4.39 Å². The number of hydrogen-bond donors (Lipinski definition) is 1. The van der Waals surface area contributed by atoms with Crippen molar-refractivity contribution in [2.24, 2.45) is 0 Å². The van der Waals surface area contributed by atoms with Crippen LogP contribution in [0.15, 0.2) is 58.8 Å². The number of allylic oxidation sites excluding steroid dienone is 1. The molecule has 0 fully saturated rings. The fourth-order valence-corrected chi connectivity index (χ4v) is 4.26. The van der Waals surface area contributed by atoms with E-state index in [0.717, 1.165) is 34.6 Å². The van der Waals surface area contributed by atoms with Gasteiger partial charge in [0.2, 0.25) is 5.82 Å². The van der Waals surface area contributed by atoms with Gasteiger partial charge in [-0.1, -0.05) is 17.3 Å². The minimum absolute atomic E-state index is 0.304. The van der Waals surface area contributed by atoms with Crippen LogP contribution < -0.4 is 10.1 Å². The molecule has 1 unspecified atom stereocenters. The first kappa shape index (κ1) is 23.8.